The molecule has 1 fully saturated rings. The summed E-state index contributed by atoms with van der Waals surface area (Å²) in [6.45, 7) is 6.60. The smallest absolute Gasteiger partial charge is 0.0349 e. The second-order valence-corrected chi connectivity index (χ2v) is 7.30. The van der Waals surface area contributed by atoms with Gasteiger partial charge in [0.1, 0.15) is 0 Å². The van der Waals surface area contributed by atoms with Crippen LogP contribution in [0.25, 0.3) is 10.1 Å². The molecule has 108 valence electrons. The molecule has 0 radical (unpaired) electrons. The van der Waals surface area contributed by atoms with E-state index in [1.165, 1.54) is 33.4 Å². The van der Waals surface area contributed by atoms with Crippen molar-refractivity contribution in [1.82, 2.24) is 10.2 Å². The molecule has 0 spiro atoms. The lowest BCUT2D eigenvalue weighted by atomic mass is 10.1. The number of nitrogens with one attached hydrogen (secondary N) is 1. The maximum absolute atomic E-state index is 3.67. The molecule has 1 aliphatic rings. The average molecular weight is 288 g/mol. The summed E-state index contributed by atoms with van der Waals surface area (Å²) in [6.07, 6.45) is 2.71. The lowest BCUT2D eigenvalue weighted by molar-refractivity contribution is 0.266. The minimum absolute atomic E-state index is 0.581. The summed E-state index contributed by atoms with van der Waals surface area (Å²) in [5.74, 6) is 0. The van der Waals surface area contributed by atoms with Gasteiger partial charge in [-0.25, -0.2) is 0 Å². The van der Waals surface area contributed by atoms with Gasteiger partial charge in [0.25, 0.3) is 0 Å². The van der Waals surface area contributed by atoms with E-state index in [-0.39, 0.29) is 0 Å². The van der Waals surface area contributed by atoms with Crippen LogP contribution in [-0.2, 0) is 13.1 Å². The Hall–Kier alpha value is -0.900. The van der Waals surface area contributed by atoms with E-state index in [0.717, 1.165) is 19.1 Å². The van der Waals surface area contributed by atoms with Crippen molar-refractivity contribution in [3.05, 3.63) is 34.7 Å². The van der Waals surface area contributed by atoms with Crippen molar-refractivity contribution in [2.75, 3.05) is 7.05 Å². The molecule has 3 heteroatoms. The number of nitrogens with zero attached hydrogens (tertiary/aromatic N) is 1. The minimum atomic E-state index is 0.581. The fraction of sp³-hybridized carbons (Fsp3) is 0.529. The van der Waals surface area contributed by atoms with E-state index in [9.17, 15) is 0 Å². The van der Waals surface area contributed by atoms with Crippen LogP contribution in [0.5, 0.6) is 0 Å². The van der Waals surface area contributed by atoms with E-state index in [0.29, 0.717) is 6.04 Å². The molecule has 20 heavy (non-hydrogen) atoms. The molecule has 0 aliphatic heterocycles. The van der Waals surface area contributed by atoms with Gasteiger partial charge >= 0.3 is 0 Å². The van der Waals surface area contributed by atoms with Crippen molar-refractivity contribution in [2.45, 2.75) is 51.9 Å². The quantitative estimate of drug-likeness (QED) is 0.864. The number of rotatable bonds is 6. The molecule has 1 aromatic heterocycles. The first kappa shape index (κ1) is 14.1. The summed E-state index contributed by atoms with van der Waals surface area (Å²) < 4.78 is 1.42. The van der Waals surface area contributed by atoms with Crippen LogP contribution in [0.3, 0.4) is 0 Å². The number of fused-ring (bicyclic) bond motifs is 1. The summed E-state index contributed by atoms with van der Waals surface area (Å²) in [6, 6.07) is 10.2. The van der Waals surface area contributed by atoms with Gasteiger partial charge in [-0.3, -0.25) is 4.90 Å². The molecule has 2 aromatic rings. The van der Waals surface area contributed by atoms with Gasteiger partial charge in [-0.2, -0.15) is 0 Å². The average Bonchev–Trinajstić information content (AvgIpc) is 3.20. The van der Waals surface area contributed by atoms with E-state index in [4.69, 9.17) is 0 Å². The Morgan fingerprint density at radius 3 is 2.75 bits per heavy atom. The number of thiophene rings is 1. The highest BCUT2D eigenvalue weighted by atomic mass is 32.1. The zero-order valence-electron chi connectivity index (χ0n) is 12.6. The summed E-state index contributed by atoms with van der Waals surface area (Å²) in [5.41, 5.74) is 1.52. The molecule has 1 heterocycles. The van der Waals surface area contributed by atoms with Crippen LogP contribution >= 0.6 is 11.3 Å². The van der Waals surface area contributed by atoms with Gasteiger partial charge in [-0.15, -0.1) is 11.3 Å². The van der Waals surface area contributed by atoms with Gasteiger partial charge in [0.15, 0.2) is 0 Å². The van der Waals surface area contributed by atoms with Crippen molar-refractivity contribution in [3.8, 4) is 0 Å². The fourth-order valence-electron chi connectivity index (χ4n) is 2.42. The van der Waals surface area contributed by atoms with Crippen LogP contribution in [0.15, 0.2) is 24.3 Å². The molecule has 1 aliphatic carbocycles. The minimum Gasteiger partial charge on any atom is -0.309 e. The Morgan fingerprint density at radius 2 is 2.05 bits per heavy atom. The Labute approximate surface area is 125 Å². The second kappa shape index (κ2) is 5.84. The first-order valence-electron chi connectivity index (χ1n) is 7.58. The van der Waals surface area contributed by atoms with Gasteiger partial charge in [0.05, 0.1) is 0 Å². The van der Waals surface area contributed by atoms with Gasteiger partial charge in [0, 0.05) is 34.8 Å². The molecular formula is C17H24N2S. The molecule has 0 amide bonds. The lowest BCUT2D eigenvalue weighted by Crippen LogP contribution is -2.26. The third-order valence-corrected chi connectivity index (χ3v) is 5.41. The van der Waals surface area contributed by atoms with Crippen LogP contribution in [0.1, 0.15) is 37.1 Å². The van der Waals surface area contributed by atoms with Crippen LogP contribution in [-0.4, -0.2) is 24.0 Å². The van der Waals surface area contributed by atoms with Crippen molar-refractivity contribution >= 4 is 21.4 Å². The normalized spacial score (nSPS) is 15.7. The van der Waals surface area contributed by atoms with Crippen LogP contribution in [0.4, 0.5) is 0 Å². The third kappa shape index (κ3) is 3.05. The Bertz CT molecular complexity index is 584. The van der Waals surface area contributed by atoms with Crippen LogP contribution in [0, 0.1) is 0 Å². The zero-order valence-corrected chi connectivity index (χ0v) is 13.5. The standard InChI is InChI=1S/C17H24N2S/c1-12(2)19(3)11-15-14-6-4-5-7-16(14)20-17(15)10-18-13-8-9-13/h4-7,12-13,18H,8-11H2,1-3H3. The van der Waals surface area contributed by atoms with Crippen LogP contribution < -0.4 is 5.32 Å². The SMILES string of the molecule is CC(C)N(C)Cc1c(CNC2CC2)sc2ccccc12. The van der Waals surface area contributed by atoms with E-state index in [1.54, 1.807) is 0 Å². The van der Waals surface area contributed by atoms with E-state index in [1.807, 2.05) is 11.3 Å². The summed E-state index contributed by atoms with van der Waals surface area (Å²) in [5, 5.41) is 5.11. The molecule has 0 unspecified atom stereocenters. The molecule has 1 saturated carbocycles. The van der Waals surface area contributed by atoms with Crippen molar-refractivity contribution in [1.29, 1.82) is 0 Å². The monoisotopic (exact) mass is 288 g/mol. The molecule has 3 rings (SSSR count). The molecule has 1 N–H and O–H groups in total. The molecule has 0 saturated heterocycles. The molecule has 2 nitrogen and oxygen atoms in total. The van der Waals surface area contributed by atoms with Gasteiger partial charge < -0.3 is 5.32 Å². The van der Waals surface area contributed by atoms with E-state index in [2.05, 4.69) is 55.4 Å². The predicted molar refractivity (Wildman–Crippen MR) is 88.3 cm³/mol. The van der Waals surface area contributed by atoms with Gasteiger partial charge in [0.2, 0.25) is 0 Å². The number of hydrogen-bond acceptors (Lipinski definition) is 3. The van der Waals surface area contributed by atoms with Gasteiger partial charge in [-0.1, -0.05) is 18.2 Å². The number of hydrogen-bond donors (Lipinski definition) is 1. The zero-order chi connectivity index (χ0) is 14.1. The summed E-state index contributed by atoms with van der Waals surface area (Å²) in [4.78, 5) is 3.94. The Morgan fingerprint density at radius 1 is 1.30 bits per heavy atom. The molecule has 0 bridgehead atoms. The maximum Gasteiger partial charge on any atom is 0.0349 e. The predicted octanol–water partition coefficient (Wildman–Crippen LogP) is 3.99. The highest BCUT2D eigenvalue weighted by molar-refractivity contribution is 7.19. The number of benzene rings is 1. The van der Waals surface area contributed by atoms with Crippen molar-refractivity contribution < 1.29 is 0 Å². The largest absolute Gasteiger partial charge is 0.309 e. The first-order valence-corrected chi connectivity index (χ1v) is 8.39. The summed E-state index contributed by atoms with van der Waals surface area (Å²) >= 11 is 1.96. The maximum atomic E-state index is 3.67. The second-order valence-electron chi connectivity index (χ2n) is 6.16. The topological polar surface area (TPSA) is 15.3 Å². The molecule has 0 atom stereocenters. The first-order chi connectivity index (χ1) is 9.65. The fourth-order valence-corrected chi connectivity index (χ4v) is 3.59. The third-order valence-electron chi connectivity index (χ3n) is 4.20. The highest BCUT2D eigenvalue weighted by Crippen LogP contribution is 2.33. The van der Waals surface area contributed by atoms with E-state index >= 15 is 0 Å². The lowest BCUT2D eigenvalue weighted by Gasteiger charge is -2.21. The van der Waals surface area contributed by atoms with Gasteiger partial charge in [-0.05, 0) is 50.8 Å². The molecule has 1 aromatic carbocycles. The van der Waals surface area contributed by atoms with Crippen molar-refractivity contribution in [2.24, 2.45) is 0 Å². The Balaban J connectivity index is 1.89. The Kier molecular flexibility index (Phi) is 4.11. The highest BCUT2D eigenvalue weighted by Gasteiger charge is 2.22. The van der Waals surface area contributed by atoms with Crippen LogP contribution in [0.2, 0.25) is 0 Å². The van der Waals surface area contributed by atoms with E-state index < -0.39 is 0 Å². The van der Waals surface area contributed by atoms with Crippen molar-refractivity contribution in [3.63, 3.8) is 0 Å². The molecular weight excluding hydrogens is 264 g/mol. The summed E-state index contributed by atoms with van der Waals surface area (Å²) in [7, 11) is 2.22.